The lowest BCUT2D eigenvalue weighted by atomic mass is 10.2. The zero-order valence-electron chi connectivity index (χ0n) is 9.19. The number of nitrogens with one attached hydrogen (secondary N) is 1. The van der Waals surface area contributed by atoms with Crippen LogP contribution in [0.2, 0.25) is 0 Å². The molecule has 0 aromatic carbocycles. The molecule has 1 aromatic heterocycles. The third-order valence-corrected chi connectivity index (χ3v) is 2.01. The molecule has 0 aliphatic heterocycles. The van der Waals surface area contributed by atoms with Gasteiger partial charge in [0.25, 0.3) is 5.91 Å². The summed E-state index contributed by atoms with van der Waals surface area (Å²) in [5.74, 6) is 0.148. The average Bonchev–Trinajstić information content (AvgIpc) is 2.78. The molecule has 0 spiro atoms. The van der Waals surface area contributed by atoms with Crippen LogP contribution in [0.25, 0.3) is 6.08 Å². The van der Waals surface area contributed by atoms with Gasteiger partial charge in [-0.25, -0.2) is 0 Å². The highest BCUT2D eigenvalue weighted by molar-refractivity contribution is 6.01. The fourth-order valence-corrected chi connectivity index (χ4v) is 1.14. The minimum atomic E-state index is -0.354. The molecular formula is C12H14N2O2. The van der Waals surface area contributed by atoms with E-state index in [2.05, 4.69) is 5.32 Å². The van der Waals surface area contributed by atoms with Crippen molar-refractivity contribution in [2.75, 3.05) is 6.54 Å². The van der Waals surface area contributed by atoms with Gasteiger partial charge in [0.15, 0.2) is 0 Å². The highest BCUT2D eigenvalue weighted by atomic mass is 16.3. The van der Waals surface area contributed by atoms with Gasteiger partial charge in [0.05, 0.1) is 6.26 Å². The van der Waals surface area contributed by atoms with E-state index in [0.29, 0.717) is 12.3 Å². The van der Waals surface area contributed by atoms with Crippen LogP contribution >= 0.6 is 0 Å². The van der Waals surface area contributed by atoms with Gasteiger partial charge in [-0.3, -0.25) is 4.79 Å². The van der Waals surface area contributed by atoms with Gasteiger partial charge in [0.1, 0.15) is 17.4 Å². The maximum Gasteiger partial charge on any atom is 0.262 e. The minimum absolute atomic E-state index is 0.0612. The molecule has 0 unspecified atom stereocenters. The highest BCUT2D eigenvalue weighted by Crippen LogP contribution is 2.06. The smallest absolute Gasteiger partial charge is 0.262 e. The molecule has 0 aliphatic carbocycles. The monoisotopic (exact) mass is 218 g/mol. The van der Waals surface area contributed by atoms with E-state index < -0.39 is 0 Å². The van der Waals surface area contributed by atoms with E-state index in [9.17, 15) is 4.79 Å². The molecule has 4 nitrogen and oxygen atoms in total. The Morgan fingerprint density at radius 2 is 2.50 bits per heavy atom. The van der Waals surface area contributed by atoms with Crippen molar-refractivity contribution >= 4 is 12.0 Å². The van der Waals surface area contributed by atoms with E-state index in [0.717, 1.165) is 12.8 Å². The molecule has 1 aromatic rings. The first kappa shape index (κ1) is 12.1. The Kier molecular flexibility index (Phi) is 4.87. The van der Waals surface area contributed by atoms with Gasteiger partial charge in [0.2, 0.25) is 0 Å². The Labute approximate surface area is 94.6 Å². The second-order valence-corrected chi connectivity index (χ2v) is 3.29. The van der Waals surface area contributed by atoms with Crippen molar-refractivity contribution in [3.05, 3.63) is 29.7 Å². The lowest BCUT2D eigenvalue weighted by molar-refractivity contribution is -0.117. The summed E-state index contributed by atoms with van der Waals surface area (Å²) in [4.78, 5) is 11.5. The van der Waals surface area contributed by atoms with E-state index in [1.54, 1.807) is 12.1 Å². The molecule has 0 saturated heterocycles. The van der Waals surface area contributed by atoms with Gasteiger partial charge >= 0.3 is 0 Å². The summed E-state index contributed by atoms with van der Waals surface area (Å²) in [7, 11) is 0. The number of furan rings is 1. The summed E-state index contributed by atoms with van der Waals surface area (Å²) >= 11 is 0. The minimum Gasteiger partial charge on any atom is -0.465 e. The van der Waals surface area contributed by atoms with Crippen LogP contribution in [-0.4, -0.2) is 12.5 Å². The van der Waals surface area contributed by atoms with Crippen molar-refractivity contribution in [1.82, 2.24) is 5.32 Å². The number of amides is 1. The molecule has 0 atom stereocenters. The van der Waals surface area contributed by atoms with Crippen LogP contribution in [0.15, 0.2) is 28.4 Å². The van der Waals surface area contributed by atoms with E-state index in [1.807, 2.05) is 13.0 Å². The summed E-state index contributed by atoms with van der Waals surface area (Å²) in [6.45, 7) is 2.63. The second-order valence-electron chi connectivity index (χ2n) is 3.29. The third-order valence-electron chi connectivity index (χ3n) is 2.01. The molecule has 1 amide bonds. The van der Waals surface area contributed by atoms with Crippen molar-refractivity contribution in [1.29, 1.82) is 5.26 Å². The quantitative estimate of drug-likeness (QED) is 0.467. The van der Waals surface area contributed by atoms with Gasteiger partial charge in [0, 0.05) is 12.6 Å². The Morgan fingerprint density at radius 1 is 1.69 bits per heavy atom. The molecule has 1 N–H and O–H groups in total. The fourth-order valence-electron chi connectivity index (χ4n) is 1.14. The molecule has 0 fully saturated rings. The Bertz CT molecular complexity index is 399. The van der Waals surface area contributed by atoms with Crippen molar-refractivity contribution in [3.63, 3.8) is 0 Å². The maximum atomic E-state index is 11.5. The number of carbonyl (C=O) groups excluding carboxylic acids is 1. The molecule has 0 radical (unpaired) electrons. The highest BCUT2D eigenvalue weighted by Gasteiger charge is 2.08. The largest absolute Gasteiger partial charge is 0.465 e. The van der Waals surface area contributed by atoms with Crippen LogP contribution in [0.3, 0.4) is 0 Å². The van der Waals surface area contributed by atoms with E-state index in [-0.39, 0.29) is 11.5 Å². The Morgan fingerprint density at radius 3 is 3.06 bits per heavy atom. The third kappa shape index (κ3) is 3.62. The Balaban J connectivity index is 2.61. The second kappa shape index (κ2) is 6.46. The molecule has 1 rings (SSSR count). The number of nitrogens with zero attached hydrogens (tertiary/aromatic N) is 1. The normalized spacial score (nSPS) is 10.9. The first-order chi connectivity index (χ1) is 7.77. The molecule has 84 valence electrons. The lowest BCUT2D eigenvalue weighted by Gasteiger charge is -2.01. The van der Waals surface area contributed by atoms with Gasteiger partial charge < -0.3 is 9.73 Å². The van der Waals surface area contributed by atoms with Crippen LogP contribution in [0.4, 0.5) is 0 Å². The van der Waals surface area contributed by atoms with E-state index in [1.165, 1.54) is 12.3 Å². The maximum absolute atomic E-state index is 11.5. The fraction of sp³-hybridized carbons (Fsp3) is 0.333. The molecule has 0 bridgehead atoms. The summed E-state index contributed by atoms with van der Waals surface area (Å²) in [5.41, 5.74) is 0.0612. The zero-order chi connectivity index (χ0) is 11.8. The first-order valence-electron chi connectivity index (χ1n) is 5.21. The summed E-state index contributed by atoms with van der Waals surface area (Å²) in [5, 5.41) is 11.5. The van der Waals surface area contributed by atoms with Gasteiger partial charge in [-0.1, -0.05) is 13.3 Å². The summed E-state index contributed by atoms with van der Waals surface area (Å²) in [6.07, 6.45) is 4.84. The molecule has 1 heterocycles. The van der Waals surface area contributed by atoms with Crippen LogP contribution < -0.4 is 5.32 Å². The standard InChI is InChI=1S/C12H14N2O2/c1-2-3-6-14-12(15)10(9-13)8-11-5-4-7-16-11/h4-5,7-8H,2-3,6H2,1H3,(H,14,15)/b10-8+. The SMILES string of the molecule is CCCCNC(=O)/C(C#N)=C/c1ccco1. The summed E-state index contributed by atoms with van der Waals surface area (Å²) < 4.78 is 5.03. The van der Waals surface area contributed by atoms with Gasteiger partial charge in [-0.05, 0) is 18.6 Å². The average molecular weight is 218 g/mol. The van der Waals surface area contributed by atoms with Crippen LogP contribution in [0.5, 0.6) is 0 Å². The van der Waals surface area contributed by atoms with Crippen molar-refractivity contribution in [3.8, 4) is 6.07 Å². The van der Waals surface area contributed by atoms with Crippen LogP contribution in [0, 0.1) is 11.3 Å². The van der Waals surface area contributed by atoms with E-state index in [4.69, 9.17) is 9.68 Å². The van der Waals surface area contributed by atoms with Crippen LogP contribution in [0.1, 0.15) is 25.5 Å². The van der Waals surface area contributed by atoms with Gasteiger partial charge in [-0.2, -0.15) is 5.26 Å². The number of hydrogen-bond acceptors (Lipinski definition) is 3. The first-order valence-corrected chi connectivity index (χ1v) is 5.21. The number of unbranched alkanes of at least 4 members (excludes halogenated alkanes) is 1. The number of rotatable bonds is 5. The lowest BCUT2D eigenvalue weighted by Crippen LogP contribution is -2.25. The van der Waals surface area contributed by atoms with Gasteiger partial charge in [-0.15, -0.1) is 0 Å². The molecule has 16 heavy (non-hydrogen) atoms. The van der Waals surface area contributed by atoms with Crippen molar-refractivity contribution in [2.45, 2.75) is 19.8 Å². The van der Waals surface area contributed by atoms with E-state index >= 15 is 0 Å². The molecular weight excluding hydrogens is 204 g/mol. The predicted molar refractivity (Wildman–Crippen MR) is 60.2 cm³/mol. The Hall–Kier alpha value is -2.02. The number of carbonyl (C=O) groups is 1. The molecule has 0 saturated carbocycles. The van der Waals surface area contributed by atoms with Crippen LogP contribution in [-0.2, 0) is 4.79 Å². The van der Waals surface area contributed by atoms with Crippen molar-refractivity contribution in [2.24, 2.45) is 0 Å². The molecule has 4 heteroatoms. The number of nitriles is 1. The predicted octanol–water partition coefficient (Wildman–Crippen LogP) is 2.10. The van der Waals surface area contributed by atoms with Crippen molar-refractivity contribution < 1.29 is 9.21 Å². The molecule has 0 aliphatic rings. The zero-order valence-corrected chi connectivity index (χ0v) is 9.19. The summed E-state index contributed by atoms with van der Waals surface area (Å²) in [6, 6.07) is 5.25. The number of hydrogen-bond donors (Lipinski definition) is 1. The topological polar surface area (TPSA) is 66.0 Å².